The van der Waals surface area contributed by atoms with Crippen molar-refractivity contribution < 1.29 is 0 Å². The molecule has 0 N–H and O–H groups in total. The first-order valence-electron chi connectivity index (χ1n) is 6.28. The monoisotopic (exact) mass is 222 g/mol. The quantitative estimate of drug-likeness (QED) is 0.525. The first kappa shape index (κ1) is 10.6. The SMILES string of the molecule is Cc1ccc2c(c1C)Cc1c-2ccc(C)c1C. The Labute approximate surface area is 103 Å². The third-order valence-corrected chi connectivity index (χ3v) is 4.38. The maximum atomic E-state index is 2.29. The van der Waals surface area contributed by atoms with Crippen molar-refractivity contribution in [2.45, 2.75) is 34.1 Å². The Kier molecular flexibility index (Phi) is 2.16. The first-order valence-corrected chi connectivity index (χ1v) is 6.28. The second-order valence-electron chi connectivity index (χ2n) is 5.24. The summed E-state index contributed by atoms with van der Waals surface area (Å²) >= 11 is 0. The van der Waals surface area contributed by atoms with E-state index in [9.17, 15) is 0 Å². The van der Waals surface area contributed by atoms with Gasteiger partial charge in [0.1, 0.15) is 0 Å². The molecule has 0 heterocycles. The molecule has 3 rings (SSSR count). The van der Waals surface area contributed by atoms with Gasteiger partial charge in [-0.2, -0.15) is 0 Å². The van der Waals surface area contributed by atoms with Crippen molar-refractivity contribution in [1.82, 2.24) is 0 Å². The van der Waals surface area contributed by atoms with Gasteiger partial charge in [-0.25, -0.2) is 0 Å². The molecular formula is C17H18. The van der Waals surface area contributed by atoms with E-state index >= 15 is 0 Å². The van der Waals surface area contributed by atoms with Crippen LogP contribution in [0.15, 0.2) is 24.3 Å². The molecule has 0 atom stereocenters. The van der Waals surface area contributed by atoms with Crippen LogP contribution in [0.2, 0.25) is 0 Å². The lowest BCUT2D eigenvalue weighted by Crippen LogP contribution is -1.91. The Morgan fingerprint density at radius 3 is 1.47 bits per heavy atom. The van der Waals surface area contributed by atoms with Gasteiger partial charge in [-0.1, -0.05) is 24.3 Å². The van der Waals surface area contributed by atoms with Crippen LogP contribution in [0.5, 0.6) is 0 Å². The maximum Gasteiger partial charge on any atom is -0.000800 e. The van der Waals surface area contributed by atoms with Gasteiger partial charge < -0.3 is 0 Å². The molecule has 2 aromatic carbocycles. The third-order valence-electron chi connectivity index (χ3n) is 4.38. The predicted octanol–water partition coefficient (Wildman–Crippen LogP) is 4.49. The van der Waals surface area contributed by atoms with Gasteiger partial charge in [0.15, 0.2) is 0 Å². The molecule has 0 aromatic heterocycles. The zero-order valence-corrected chi connectivity index (χ0v) is 11.0. The van der Waals surface area contributed by atoms with Crippen LogP contribution in [0.4, 0.5) is 0 Å². The van der Waals surface area contributed by atoms with Gasteiger partial charge in [0.25, 0.3) is 0 Å². The summed E-state index contributed by atoms with van der Waals surface area (Å²) in [5.41, 5.74) is 11.7. The van der Waals surface area contributed by atoms with E-state index in [1.165, 1.54) is 44.5 Å². The standard InChI is InChI=1S/C17H18/c1-10-5-7-14-15-8-6-11(2)13(4)17(15)9-16(14)12(10)3/h5-8H,9H2,1-4H3. The summed E-state index contributed by atoms with van der Waals surface area (Å²) in [4.78, 5) is 0. The third kappa shape index (κ3) is 1.37. The van der Waals surface area contributed by atoms with Gasteiger partial charge in [0, 0.05) is 0 Å². The molecule has 2 aromatic rings. The summed E-state index contributed by atoms with van der Waals surface area (Å²) in [6.45, 7) is 8.91. The van der Waals surface area contributed by atoms with Gasteiger partial charge in [-0.3, -0.25) is 0 Å². The molecule has 86 valence electrons. The summed E-state index contributed by atoms with van der Waals surface area (Å²) in [7, 11) is 0. The minimum absolute atomic E-state index is 1.12. The number of fused-ring (bicyclic) bond motifs is 3. The van der Waals surface area contributed by atoms with Crippen LogP contribution in [0.25, 0.3) is 11.1 Å². The summed E-state index contributed by atoms with van der Waals surface area (Å²) in [5.74, 6) is 0. The second-order valence-corrected chi connectivity index (χ2v) is 5.24. The highest BCUT2D eigenvalue weighted by atomic mass is 14.3. The van der Waals surface area contributed by atoms with E-state index in [0.717, 1.165) is 6.42 Å². The van der Waals surface area contributed by atoms with E-state index < -0.39 is 0 Å². The second kappa shape index (κ2) is 3.46. The molecule has 0 unspecified atom stereocenters. The Morgan fingerprint density at radius 2 is 1.06 bits per heavy atom. The molecule has 0 heteroatoms. The Bertz CT molecular complexity index is 563. The molecule has 0 saturated carbocycles. The van der Waals surface area contributed by atoms with Crippen LogP contribution in [0.3, 0.4) is 0 Å². The molecule has 1 aliphatic carbocycles. The lowest BCUT2D eigenvalue weighted by molar-refractivity contribution is 1.15. The fraction of sp³-hybridized carbons (Fsp3) is 0.294. The highest BCUT2D eigenvalue weighted by molar-refractivity contribution is 5.80. The average molecular weight is 222 g/mol. The first-order chi connectivity index (χ1) is 8.09. The van der Waals surface area contributed by atoms with Gasteiger partial charge >= 0.3 is 0 Å². The molecular weight excluding hydrogens is 204 g/mol. The lowest BCUT2D eigenvalue weighted by atomic mass is 9.98. The molecule has 17 heavy (non-hydrogen) atoms. The molecule has 0 aliphatic heterocycles. The molecule has 0 spiro atoms. The zero-order chi connectivity index (χ0) is 12.2. The van der Waals surface area contributed by atoms with Crippen molar-refractivity contribution in [3.8, 4) is 11.1 Å². The van der Waals surface area contributed by atoms with E-state index in [4.69, 9.17) is 0 Å². The van der Waals surface area contributed by atoms with Gasteiger partial charge in [-0.15, -0.1) is 0 Å². The van der Waals surface area contributed by atoms with E-state index in [1.807, 2.05) is 0 Å². The zero-order valence-electron chi connectivity index (χ0n) is 11.0. The van der Waals surface area contributed by atoms with Crippen molar-refractivity contribution in [3.05, 3.63) is 57.6 Å². The summed E-state index contributed by atoms with van der Waals surface area (Å²) in [5, 5.41) is 0. The van der Waals surface area contributed by atoms with Crippen molar-refractivity contribution in [2.75, 3.05) is 0 Å². The van der Waals surface area contributed by atoms with E-state index in [2.05, 4.69) is 52.0 Å². The fourth-order valence-electron chi connectivity index (χ4n) is 2.88. The van der Waals surface area contributed by atoms with E-state index in [0.29, 0.717) is 0 Å². The fourth-order valence-corrected chi connectivity index (χ4v) is 2.88. The van der Waals surface area contributed by atoms with Crippen molar-refractivity contribution in [2.24, 2.45) is 0 Å². The van der Waals surface area contributed by atoms with Crippen molar-refractivity contribution in [1.29, 1.82) is 0 Å². The largest absolute Gasteiger partial charge is 0.0584 e. The Morgan fingerprint density at radius 1 is 0.647 bits per heavy atom. The topological polar surface area (TPSA) is 0 Å². The molecule has 0 fully saturated rings. The summed E-state index contributed by atoms with van der Waals surface area (Å²) < 4.78 is 0. The van der Waals surface area contributed by atoms with Crippen LogP contribution < -0.4 is 0 Å². The van der Waals surface area contributed by atoms with Crippen molar-refractivity contribution >= 4 is 0 Å². The minimum Gasteiger partial charge on any atom is -0.0584 e. The number of aryl methyl sites for hydroxylation is 2. The smallest absolute Gasteiger partial charge is 0.000800 e. The van der Waals surface area contributed by atoms with Gasteiger partial charge in [0.2, 0.25) is 0 Å². The van der Waals surface area contributed by atoms with Crippen LogP contribution >= 0.6 is 0 Å². The Balaban J connectivity index is 2.31. The van der Waals surface area contributed by atoms with Crippen LogP contribution in [-0.2, 0) is 6.42 Å². The van der Waals surface area contributed by atoms with E-state index in [-0.39, 0.29) is 0 Å². The predicted molar refractivity (Wildman–Crippen MR) is 73.6 cm³/mol. The molecule has 0 bridgehead atoms. The lowest BCUT2D eigenvalue weighted by Gasteiger charge is -2.07. The number of benzene rings is 2. The average Bonchev–Trinajstić information content (AvgIpc) is 2.69. The summed E-state index contributed by atoms with van der Waals surface area (Å²) in [6.07, 6.45) is 1.12. The normalized spacial score (nSPS) is 12.5. The number of hydrogen-bond acceptors (Lipinski definition) is 0. The highest BCUT2D eigenvalue weighted by Crippen LogP contribution is 2.41. The number of rotatable bonds is 0. The molecule has 0 amide bonds. The van der Waals surface area contributed by atoms with Gasteiger partial charge in [0.05, 0.1) is 0 Å². The number of hydrogen-bond donors (Lipinski definition) is 0. The summed E-state index contributed by atoms with van der Waals surface area (Å²) in [6, 6.07) is 9.08. The molecule has 0 radical (unpaired) electrons. The van der Waals surface area contributed by atoms with Crippen molar-refractivity contribution in [3.63, 3.8) is 0 Å². The Hall–Kier alpha value is -1.56. The molecule has 1 aliphatic rings. The minimum atomic E-state index is 1.12. The van der Waals surface area contributed by atoms with Crippen LogP contribution in [0, 0.1) is 27.7 Å². The molecule has 0 nitrogen and oxygen atoms in total. The van der Waals surface area contributed by atoms with Gasteiger partial charge in [-0.05, 0) is 78.6 Å². The van der Waals surface area contributed by atoms with Crippen LogP contribution in [0.1, 0.15) is 33.4 Å². The molecule has 0 saturated heterocycles. The van der Waals surface area contributed by atoms with E-state index in [1.54, 1.807) is 0 Å². The maximum absolute atomic E-state index is 2.29. The highest BCUT2D eigenvalue weighted by Gasteiger charge is 2.22. The van der Waals surface area contributed by atoms with Crippen LogP contribution in [-0.4, -0.2) is 0 Å².